The van der Waals surface area contributed by atoms with Crippen molar-refractivity contribution in [3.05, 3.63) is 123 Å². The molecule has 1 aliphatic rings. The van der Waals surface area contributed by atoms with E-state index < -0.39 is 51.9 Å². The van der Waals surface area contributed by atoms with Gasteiger partial charge < -0.3 is 40.2 Å². The van der Waals surface area contributed by atoms with E-state index in [2.05, 4.69) is 20.9 Å². The lowest BCUT2D eigenvalue weighted by atomic mass is 9.85. The monoisotopic (exact) mass is 1030 g/mol. The Balaban J connectivity index is 0.991. The number of aromatic nitrogens is 1. The molecule has 1 aliphatic heterocycles. The molecule has 0 radical (unpaired) electrons. The number of nitrogens with zero attached hydrogens (tertiary/aromatic N) is 2. The van der Waals surface area contributed by atoms with E-state index in [0.717, 1.165) is 34.2 Å². The Morgan fingerprint density at radius 2 is 1.63 bits per heavy atom. The molecule has 12 nitrogen and oxygen atoms in total. The number of halogens is 7. The molecule has 2 unspecified atom stereocenters. The summed E-state index contributed by atoms with van der Waals surface area (Å²) in [5.74, 6) is -0.624. The van der Waals surface area contributed by atoms with Crippen molar-refractivity contribution in [1.82, 2.24) is 25.8 Å². The third kappa shape index (κ3) is 14.1. The number of hydrogen-bond acceptors (Lipinski definition) is 11. The largest absolute Gasteiger partial charge is 0.506 e. The second-order valence-corrected chi connectivity index (χ2v) is 19.0. The van der Waals surface area contributed by atoms with Crippen molar-refractivity contribution in [3.63, 3.8) is 0 Å². The van der Waals surface area contributed by atoms with Gasteiger partial charge in [-0.1, -0.05) is 74.8 Å². The van der Waals surface area contributed by atoms with Crippen LogP contribution in [0.3, 0.4) is 0 Å². The summed E-state index contributed by atoms with van der Waals surface area (Å²) in [6, 6.07) is 19.0. The van der Waals surface area contributed by atoms with E-state index in [-0.39, 0.29) is 66.4 Å². The molecule has 0 saturated carbocycles. The van der Waals surface area contributed by atoms with E-state index in [9.17, 15) is 41.0 Å². The van der Waals surface area contributed by atoms with Crippen molar-refractivity contribution in [1.29, 1.82) is 5.41 Å². The molecular weight excluding hydrogens is 974 g/mol. The number of aryl methyl sites for hydroxylation is 1. The number of carbonyl (C=O) groups is 2. The Morgan fingerprint density at radius 1 is 0.944 bits per heavy atom. The van der Waals surface area contributed by atoms with Crippen LogP contribution in [0.4, 0.5) is 26.3 Å². The minimum Gasteiger partial charge on any atom is -0.506 e. The van der Waals surface area contributed by atoms with Gasteiger partial charge >= 0.3 is 12.4 Å². The summed E-state index contributed by atoms with van der Waals surface area (Å²) in [5.41, 5.74) is 1.02. The van der Waals surface area contributed by atoms with E-state index in [0.29, 0.717) is 49.5 Å². The van der Waals surface area contributed by atoms with Gasteiger partial charge in [-0.05, 0) is 89.9 Å². The first-order valence-corrected chi connectivity index (χ1v) is 23.8. The van der Waals surface area contributed by atoms with Gasteiger partial charge in [-0.3, -0.25) is 15.0 Å². The number of phenolic OH excluding ortho intramolecular Hbond substituents is 1. The minimum atomic E-state index is -5.00. The van der Waals surface area contributed by atoms with Crippen LogP contribution in [-0.4, -0.2) is 90.7 Å². The van der Waals surface area contributed by atoms with E-state index >= 15 is 0 Å². The summed E-state index contributed by atoms with van der Waals surface area (Å²) in [6.07, 6.45) is -8.13. The van der Waals surface area contributed by atoms with Gasteiger partial charge in [0.1, 0.15) is 42.2 Å². The molecule has 2 atom stereocenters. The van der Waals surface area contributed by atoms with Crippen LogP contribution in [0.1, 0.15) is 61.6 Å². The summed E-state index contributed by atoms with van der Waals surface area (Å²) >= 11 is 7.44. The molecule has 5 aromatic rings. The summed E-state index contributed by atoms with van der Waals surface area (Å²) in [5, 5.41) is 27.1. The van der Waals surface area contributed by atoms with Crippen LogP contribution < -0.4 is 25.4 Å². The van der Waals surface area contributed by atoms with Gasteiger partial charge in [-0.15, -0.1) is 11.3 Å². The van der Waals surface area contributed by atoms with Gasteiger partial charge in [-0.25, -0.2) is 4.98 Å². The van der Waals surface area contributed by atoms with Crippen molar-refractivity contribution in [3.8, 4) is 38.8 Å². The zero-order chi connectivity index (χ0) is 51.7. The molecule has 2 amide bonds. The molecule has 0 aliphatic carbocycles. The number of ether oxygens (including phenoxy) is 3. The number of allylic oxidation sites excluding steroid dienone is 1. The number of rotatable bonds is 20. The Hall–Kier alpha value is -6.15. The van der Waals surface area contributed by atoms with E-state index in [1.807, 2.05) is 57.5 Å². The number of aromatic hydroxyl groups is 1. The number of hydrogen-bond donors (Lipinski definition) is 5. The molecule has 2 heterocycles. The van der Waals surface area contributed by atoms with Crippen LogP contribution in [0, 0.1) is 17.7 Å². The van der Waals surface area contributed by atoms with Crippen molar-refractivity contribution >= 4 is 46.2 Å². The lowest BCUT2D eigenvalue weighted by Crippen LogP contribution is -2.57. The number of likely N-dealkylation sites (tertiary alicyclic amines) is 1. The predicted molar refractivity (Wildman–Crippen MR) is 262 cm³/mol. The molecule has 6 rings (SSSR count). The van der Waals surface area contributed by atoms with Crippen LogP contribution in [0.2, 0.25) is 5.02 Å². The van der Waals surface area contributed by atoms with Crippen molar-refractivity contribution < 1.29 is 55.2 Å². The highest BCUT2D eigenvalue weighted by Crippen LogP contribution is 2.45. The number of amides is 2. The maximum Gasteiger partial charge on any atom is 0.432 e. The molecule has 20 heteroatoms. The standard InChI is InChI=1S/C51H55ClF6N6O6S/c1-30-45(71-29-63-30)33-12-8-31(9-13-33)27-62-47(66)40-7-6-21-64(40)48(67)46(49(2,3)4)61-20-22-68-23-24-69-35-15-10-32(11-16-35)28-70-41-19-17-36(39(60-5)26-42(59)51(56,57)58)44(65)43(41)34-14-18-38(52)37(25-34)50(53,54)55/h8-19,25-26,29,40,46,59-61,65H,6-7,20-24,27-28H2,1-5H3,(H,62,66)/b39-26-,59-42?. The molecule has 0 spiro atoms. The predicted octanol–water partition coefficient (Wildman–Crippen LogP) is 10.6. The summed E-state index contributed by atoms with van der Waals surface area (Å²) in [6.45, 7) is 9.63. The van der Waals surface area contributed by atoms with Crippen molar-refractivity contribution in [2.24, 2.45) is 5.41 Å². The molecule has 1 fully saturated rings. The van der Waals surface area contributed by atoms with E-state index in [4.69, 9.17) is 31.2 Å². The molecule has 1 aromatic heterocycles. The first kappa shape index (κ1) is 54.2. The van der Waals surface area contributed by atoms with Gasteiger partial charge in [0, 0.05) is 37.9 Å². The topological polar surface area (TPSA) is 158 Å². The highest BCUT2D eigenvalue weighted by atomic mass is 35.5. The fraction of sp³-hybridized carbons (Fsp3) is 0.373. The third-order valence-corrected chi connectivity index (χ3v) is 12.9. The highest BCUT2D eigenvalue weighted by molar-refractivity contribution is 7.13. The van der Waals surface area contributed by atoms with Crippen molar-refractivity contribution in [2.45, 2.75) is 78.1 Å². The summed E-state index contributed by atoms with van der Waals surface area (Å²) in [7, 11) is 1.26. The van der Waals surface area contributed by atoms with Gasteiger partial charge in [0.05, 0.1) is 51.5 Å². The van der Waals surface area contributed by atoms with Crippen LogP contribution in [0.25, 0.3) is 27.3 Å². The second-order valence-electron chi connectivity index (χ2n) is 17.8. The van der Waals surface area contributed by atoms with E-state index in [1.165, 1.54) is 25.2 Å². The number of thiazole rings is 1. The van der Waals surface area contributed by atoms with Gasteiger partial charge in [-0.2, -0.15) is 26.3 Å². The maximum absolute atomic E-state index is 14.0. The summed E-state index contributed by atoms with van der Waals surface area (Å²) < 4.78 is 99.0. The average Bonchev–Trinajstić information content (AvgIpc) is 3.99. The summed E-state index contributed by atoms with van der Waals surface area (Å²) in [4.78, 5) is 34.5. The number of phenols is 1. The fourth-order valence-electron chi connectivity index (χ4n) is 7.93. The van der Waals surface area contributed by atoms with E-state index in [1.54, 1.807) is 40.5 Å². The quantitative estimate of drug-likeness (QED) is 0.0291. The highest BCUT2D eigenvalue weighted by Gasteiger charge is 2.41. The first-order chi connectivity index (χ1) is 33.6. The maximum atomic E-state index is 14.0. The number of alkyl halides is 6. The molecule has 5 N–H and O–H groups in total. The number of nitrogens with one attached hydrogen (secondary N) is 4. The Bertz CT molecular complexity index is 2690. The number of carbonyl (C=O) groups excluding carboxylic acids is 2. The normalized spacial score (nSPS) is 14.8. The smallest absolute Gasteiger partial charge is 0.432 e. The zero-order valence-electron chi connectivity index (χ0n) is 39.6. The zero-order valence-corrected chi connectivity index (χ0v) is 41.2. The Labute approximate surface area is 416 Å². The van der Waals surface area contributed by atoms with Crippen molar-refractivity contribution in [2.75, 3.05) is 40.0 Å². The molecule has 0 bridgehead atoms. The molecular formula is C51H55ClF6N6O6S. The van der Waals surface area contributed by atoms with Crippen LogP contribution >= 0.6 is 22.9 Å². The lowest BCUT2D eigenvalue weighted by molar-refractivity contribution is -0.142. The fourth-order valence-corrected chi connectivity index (χ4v) is 8.97. The third-order valence-electron chi connectivity index (χ3n) is 11.6. The molecule has 1 saturated heterocycles. The van der Waals surface area contributed by atoms with Gasteiger partial charge in [0.25, 0.3) is 0 Å². The molecule has 71 heavy (non-hydrogen) atoms. The molecule has 380 valence electrons. The van der Waals surface area contributed by atoms with Crippen LogP contribution in [0.15, 0.2) is 90.4 Å². The molecule has 4 aromatic carbocycles. The SMILES string of the molecule is CN/C(=C\C(=N)C(F)(F)F)c1ccc(OCc2ccc(OCCOCCNC(C(=O)N3CCCC3C(=O)NCc3ccc(-c4scnc4C)cc3)C(C)(C)C)cc2)c(-c2ccc(Cl)c(C(F)(F)F)c2)c1O. The average molecular weight is 1030 g/mol. The minimum absolute atomic E-state index is 0.0899. The lowest BCUT2D eigenvalue weighted by Gasteiger charge is -2.35. The van der Waals surface area contributed by atoms with Gasteiger partial charge in [0.2, 0.25) is 11.8 Å². The van der Waals surface area contributed by atoms with Crippen LogP contribution in [-0.2, 0) is 33.7 Å². The van der Waals surface area contributed by atoms with Crippen LogP contribution in [0.5, 0.6) is 17.2 Å². The second kappa shape index (κ2) is 23.4. The Morgan fingerprint density at radius 3 is 2.27 bits per heavy atom. The number of benzene rings is 4. The first-order valence-electron chi connectivity index (χ1n) is 22.6. The Kier molecular flexibility index (Phi) is 17.8. The van der Waals surface area contributed by atoms with Gasteiger partial charge in [0.15, 0.2) is 0 Å².